The first kappa shape index (κ1) is 17.5. The molecule has 0 spiro atoms. The first-order valence-corrected chi connectivity index (χ1v) is 9.08. The van der Waals surface area contributed by atoms with E-state index in [1.807, 2.05) is 13.8 Å². The molecule has 4 nitrogen and oxygen atoms in total. The average Bonchev–Trinajstić information content (AvgIpc) is 2.41. The molecule has 23 heavy (non-hydrogen) atoms. The van der Waals surface area contributed by atoms with E-state index in [4.69, 9.17) is 11.6 Å². The van der Waals surface area contributed by atoms with E-state index in [0.717, 1.165) is 11.1 Å². The molecule has 0 aliphatic heterocycles. The van der Waals surface area contributed by atoms with Gasteiger partial charge in [0, 0.05) is 10.7 Å². The molecule has 6 heteroatoms. The van der Waals surface area contributed by atoms with Crippen molar-refractivity contribution in [2.24, 2.45) is 0 Å². The summed E-state index contributed by atoms with van der Waals surface area (Å²) in [6.45, 7) is 5.42. The molecule has 0 bridgehead atoms. The Bertz CT molecular complexity index is 860. The first-order valence-electron chi connectivity index (χ1n) is 7.05. The Morgan fingerprint density at radius 1 is 1.04 bits per heavy atom. The number of aryl methyl sites for hydroxylation is 3. The second kappa shape index (κ2) is 6.72. The van der Waals surface area contributed by atoms with Crippen LogP contribution in [-0.4, -0.2) is 20.1 Å². The predicted molar refractivity (Wildman–Crippen MR) is 92.8 cm³/mol. The van der Waals surface area contributed by atoms with Gasteiger partial charge in [0.15, 0.2) is 9.84 Å². The molecular weight excluding hydrogens is 334 g/mol. The van der Waals surface area contributed by atoms with Crippen molar-refractivity contribution < 1.29 is 13.2 Å². The van der Waals surface area contributed by atoms with Crippen LogP contribution in [0.4, 0.5) is 5.69 Å². The number of sulfone groups is 1. The predicted octanol–water partition coefficient (Wildman–Crippen LogP) is 3.68. The van der Waals surface area contributed by atoms with Crippen molar-refractivity contribution >= 4 is 33.0 Å². The van der Waals surface area contributed by atoms with Gasteiger partial charge in [-0.1, -0.05) is 35.4 Å². The summed E-state index contributed by atoms with van der Waals surface area (Å²) in [5.41, 5.74) is 2.93. The molecule has 0 radical (unpaired) electrons. The molecule has 1 N–H and O–H groups in total. The summed E-state index contributed by atoms with van der Waals surface area (Å²) in [4.78, 5) is 12.3. The van der Waals surface area contributed by atoms with Crippen molar-refractivity contribution in [1.29, 1.82) is 0 Å². The zero-order valence-electron chi connectivity index (χ0n) is 13.2. The second-order valence-corrected chi connectivity index (χ2v) is 7.93. The van der Waals surface area contributed by atoms with Gasteiger partial charge in [0.2, 0.25) is 5.91 Å². The summed E-state index contributed by atoms with van der Waals surface area (Å²) in [5.74, 6) is -1.20. The lowest BCUT2D eigenvalue weighted by atomic mass is 10.2. The van der Waals surface area contributed by atoms with Crippen molar-refractivity contribution in [3.05, 3.63) is 58.1 Å². The van der Waals surface area contributed by atoms with Crippen LogP contribution in [0.3, 0.4) is 0 Å². The smallest absolute Gasteiger partial charge is 0.239 e. The second-order valence-electron chi connectivity index (χ2n) is 5.54. The molecule has 1 amide bonds. The molecule has 122 valence electrons. The highest BCUT2D eigenvalue weighted by atomic mass is 35.5. The van der Waals surface area contributed by atoms with Gasteiger partial charge >= 0.3 is 0 Å². The fourth-order valence-corrected chi connectivity index (χ4v) is 3.88. The molecule has 0 atom stereocenters. The average molecular weight is 352 g/mol. The molecular formula is C17H18ClNO3S. The van der Waals surface area contributed by atoms with E-state index in [1.165, 1.54) is 6.07 Å². The SMILES string of the molecule is Cc1ccc(S(=O)(=O)CC(=O)Nc2cc(Cl)ccc2C)c(C)c1. The van der Waals surface area contributed by atoms with Crippen LogP contribution in [0.15, 0.2) is 41.3 Å². The molecule has 0 aliphatic rings. The van der Waals surface area contributed by atoms with Gasteiger partial charge in [0.1, 0.15) is 5.75 Å². The third-order valence-corrected chi connectivity index (χ3v) is 5.47. The van der Waals surface area contributed by atoms with Crippen molar-refractivity contribution in [1.82, 2.24) is 0 Å². The Hall–Kier alpha value is -1.85. The van der Waals surface area contributed by atoms with Crippen LogP contribution in [0.5, 0.6) is 0 Å². The number of anilines is 1. The Morgan fingerprint density at radius 3 is 2.39 bits per heavy atom. The monoisotopic (exact) mass is 351 g/mol. The third kappa shape index (κ3) is 4.33. The van der Waals surface area contributed by atoms with Gasteiger partial charge in [-0.05, 0) is 50.1 Å². The summed E-state index contributed by atoms with van der Waals surface area (Å²) >= 11 is 5.90. The number of carbonyl (C=O) groups excluding carboxylic acids is 1. The fourth-order valence-electron chi connectivity index (χ4n) is 2.31. The molecule has 2 rings (SSSR count). The molecule has 2 aromatic carbocycles. The number of amides is 1. The van der Waals surface area contributed by atoms with Gasteiger partial charge in [0.25, 0.3) is 0 Å². The van der Waals surface area contributed by atoms with Gasteiger partial charge in [0.05, 0.1) is 4.90 Å². The fraction of sp³-hybridized carbons (Fsp3) is 0.235. The minimum Gasteiger partial charge on any atom is -0.325 e. The molecule has 0 fully saturated rings. The van der Waals surface area contributed by atoms with Gasteiger partial charge in [-0.15, -0.1) is 0 Å². The van der Waals surface area contributed by atoms with E-state index in [0.29, 0.717) is 16.3 Å². The van der Waals surface area contributed by atoms with Crippen LogP contribution in [0.25, 0.3) is 0 Å². The Morgan fingerprint density at radius 2 is 1.74 bits per heavy atom. The Balaban J connectivity index is 2.20. The first-order chi connectivity index (χ1) is 10.7. The van der Waals surface area contributed by atoms with E-state index in [1.54, 1.807) is 37.3 Å². The van der Waals surface area contributed by atoms with Gasteiger partial charge in [-0.2, -0.15) is 0 Å². The van der Waals surface area contributed by atoms with Crippen molar-refractivity contribution in [3.63, 3.8) is 0 Å². The zero-order chi connectivity index (χ0) is 17.2. The molecule has 0 saturated carbocycles. The topological polar surface area (TPSA) is 63.2 Å². The minimum atomic E-state index is -3.70. The van der Waals surface area contributed by atoms with Crippen LogP contribution in [0.1, 0.15) is 16.7 Å². The number of rotatable bonds is 4. The summed E-state index contributed by atoms with van der Waals surface area (Å²) < 4.78 is 24.9. The number of carbonyl (C=O) groups is 1. The quantitative estimate of drug-likeness (QED) is 0.913. The maximum Gasteiger partial charge on any atom is 0.239 e. The molecule has 0 unspecified atom stereocenters. The molecule has 2 aromatic rings. The van der Waals surface area contributed by atoms with Gasteiger partial charge < -0.3 is 5.32 Å². The Labute approximate surface area is 141 Å². The normalized spacial score (nSPS) is 11.3. The van der Waals surface area contributed by atoms with Crippen LogP contribution in [0, 0.1) is 20.8 Å². The summed E-state index contributed by atoms with van der Waals surface area (Å²) in [6.07, 6.45) is 0. The minimum absolute atomic E-state index is 0.182. The molecule has 0 heterocycles. The zero-order valence-corrected chi connectivity index (χ0v) is 14.8. The van der Waals surface area contributed by atoms with Crippen molar-refractivity contribution in [2.45, 2.75) is 25.7 Å². The number of halogens is 1. The lowest BCUT2D eigenvalue weighted by molar-refractivity contribution is -0.113. The number of hydrogen-bond acceptors (Lipinski definition) is 3. The van der Waals surface area contributed by atoms with E-state index in [2.05, 4.69) is 5.32 Å². The van der Waals surface area contributed by atoms with Crippen molar-refractivity contribution in [2.75, 3.05) is 11.1 Å². The lowest BCUT2D eigenvalue weighted by Crippen LogP contribution is -2.23. The molecule has 0 aromatic heterocycles. The van der Waals surface area contributed by atoms with Crippen LogP contribution in [-0.2, 0) is 14.6 Å². The van der Waals surface area contributed by atoms with E-state index < -0.39 is 21.5 Å². The highest BCUT2D eigenvalue weighted by Gasteiger charge is 2.21. The number of benzene rings is 2. The largest absolute Gasteiger partial charge is 0.325 e. The van der Waals surface area contributed by atoms with Crippen LogP contribution >= 0.6 is 11.6 Å². The van der Waals surface area contributed by atoms with Gasteiger partial charge in [-0.3, -0.25) is 4.79 Å². The highest BCUT2D eigenvalue weighted by molar-refractivity contribution is 7.92. The highest BCUT2D eigenvalue weighted by Crippen LogP contribution is 2.21. The summed E-state index contributed by atoms with van der Waals surface area (Å²) in [7, 11) is -3.70. The lowest BCUT2D eigenvalue weighted by Gasteiger charge is -2.11. The maximum atomic E-state index is 12.4. The van der Waals surface area contributed by atoms with E-state index >= 15 is 0 Å². The van der Waals surface area contributed by atoms with Crippen molar-refractivity contribution in [3.8, 4) is 0 Å². The third-order valence-electron chi connectivity index (χ3n) is 3.46. The molecule has 0 aliphatic carbocycles. The van der Waals surface area contributed by atoms with Gasteiger partial charge in [-0.25, -0.2) is 8.42 Å². The molecule has 0 saturated heterocycles. The number of hydrogen-bond donors (Lipinski definition) is 1. The Kier molecular flexibility index (Phi) is 5.12. The van der Waals surface area contributed by atoms with E-state index in [9.17, 15) is 13.2 Å². The standard InChI is InChI=1S/C17H18ClNO3S/c1-11-4-7-16(13(3)8-11)23(21,22)10-17(20)19-15-9-14(18)6-5-12(15)2/h4-9H,10H2,1-3H3,(H,19,20). The maximum absolute atomic E-state index is 12.4. The van der Waals surface area contributed by atoms with E-state index in [-0.39, 0.29) is 4.90 Å². The summed E-state index contributed by atoms with van der Waals surface area (Å²) in [6, 6.07) is 10.1. The number of nitrogens with one attached hydrogen (secondary N) is 1. The van der Waals surface area contributed by atoms with Crippen LogP contribution < -0.4 is 5.32 Å². The summed E-state index contributed by atoms with van der Waals surface area (Å²) in [5, 5.41) is 3.08. The van der Waals surface area contributed by atoms with Crippen LogP contribution in [0.2, 0.25) is 5.02 Å².